The molecule has 480 valence electrons. The maximum absolute atomic E-state index is 12.2. The van der Waals surface area contributed by atoms with E-state index < -0.39 is 21.4 Å². The predicted octanol–water partition coefficient (Wildman–Crippen LogP) is 17.3. The molecule has 0 fully saturated rings. The van der Waals surface area contributed by atoms with Crippen molar-refractivity contribution in [2.75, 3.05) is 19.8 Å². The lowest BCUT2D eigenvalue weighted by Crippen LogP contribution is -2.28. The normalized spacial score (nSPS) is 15.8. The highest BCUT2D eigenvalue weighted by atomic mass is 32.2. The number of benzene rings is 5. The van der Waals surface area contributed by atoms with Crippen LogP contribution in [0.4, 0.5) is 13.2 Å². The molecule has 5 aliphatic carbocycles. The Hall–Kier alpha value is -7.40. The zero-order chi connectivity index (χ0) is 65.1. The smallest absolute Gasteiger partial charge is 0.502 e. The molecule has 10 rings (SSSR count). The minimum Gasteiger partial charge on any atom is -0.502 e. The fraction of sp³-hybridized carbons (Fsp3) is 0.425. The van der Waals surface area contributed by atoms with Crippen molar-refractivity contribution in [2.45, 2.75) is 181 Å². The lowest BCUT2D eigenvalue weighted by Gasteiger charge is -2.24. The van der Waals surface area contributed by atoms with Crippen LogP contribution < -0.4 is 4.18 Å². The molecule has 5 aromatic rings. The van der Waals surface area contributed by atoms with E-state index in [0.717, 1.165) is 171 Å². The van der Waals surface area contributed by atoms with Crippen molar-refractivity contribution >= 4 is 50.8 Å². The third-order valence-corrected chi connectivity index (χ3v) is 16.7. The van der Waals surface area contributed by atoms with Crippen LogP contribution in [-0.4, -0.2) is 67.1 Å². The lowest BCUT2D eigenvalue weighted by molar-refractivity contribution is -0.0500. The highest BCUT2D eigenvalue weighted by molar-refractivity contribution is 7.88. The van der Waals surface area contributed by atoms with Gasteiger partial charge in [-0.25, -0.2) is 0 Å². The number of hydrogen-bond donors (Lipinski definition) is 2. The molecule has 0 heterocycles. The summed E-state index contributed by atoms with van der Waals surface area (Å²) in [6.45, 7) is 23.3. The van der Waals surface area contributed by atoms with Gasteiger partial charge in [0.2, 0.25) is 0 Å². The molecule has 0 saturated heterocycles. The molecule has 0 aromatic heterocycles. The minimum atomic E-state index is -5.71. The first-order valence-corrected chi connectivity index (χ1v) is 32.6. The van der Waals surface area contributed by atoms with E-state index in [1.54, 1.807) is 13.8 Å². The third-order valence-electron chi connectivity index (χ3n) is 15.7. The van der Waals surface area contributed by atoms with Crippen LogP contribution in [0.15, 0.2) is 123 Å². The van der Waals surface area contributed by atoms with Gasteiger partial charge in [0.1, 0.15) is 17.3 Å². The number of aliphatic hydroxyl groups is 2. The molecule has 5 aromatic carbocycles. The van der Waals surface area contributed by atoms with Crippen LogP contribution in [0.1, 0.15) is 240 Å². The van der Waals surface area contributed by atoms with Crippen molar-refractivity contribution in [3.05, 3.63) is 201 Å². The number of Topliss-reactive ketones (excluding diaryl/α,β-unsaturated/α-hetero) is 4. The molecule has 16 heteroatoms. The van der Waals surface area contributed by atoms with E-state index >= 15 is 0 Å². The van der Waals surface area contributed by atoms with E-state index in [1.165, 1.54) is 41.5 Å². The second kappa shape index (κ2) is 36.3. The summed E-state index contributed by atoms with van der Waals surface area (Å²) in [7, 11) is -5.71. The molecule has 2 N–H and O–H groups in total. The van der Waals surface area contributed by atoms with Crippen LogP contribution in [-0.2, 0) is 56.4 Å². The van der Waals surface area contributed by atoms with Gasteiger partial charge >= 0.3 is 15.6 Å². The Bertz CT molecular complexity index is 3380. The van der Waals surface area contributed by atoms with Crippen LogP contribution in [0.2, 0.25) is 0 Å². The Kier molecular flexibility index (Phi) is 29.5. The maximum Gasteiger partial charge on any atom is 0.534 e. The highest BCUT2D eigenvalue weighted by Crippen LogP contribution is 2.37. The van der Waals surface area contributed by atoms with E-state index in [2.05, 4.69) is 62.9 Å². The number of fused-ring (bicyclic) bond motifs is 5. The molecule has 2 atom stereocenters. The second-order valence-corrected chi connectivity index (χ2v) is 23.8. The van der Waals surface area contributed by atoms with Gasteiger partial charge < -0.3 is 28.6 Å². The minimum absolute atomic E-state index is 0.0935. The van der Waals surface area contributed by atoms with Gasteiger partial charge in [0.25, 0.3) is 0 Å². The van der Waals surface area contributed by atoms with Crippen molar-refractivity contribution in [3.63, 3.8) is 0 Å². The number of hydrogen-bond acceptors (Lipinski definition) is 12. The zero-order valence-electron chi connectivity index (χ0n) is 52.5. The Labute approximate surface area is 525 Å². The summed E-state index contributed by atoms with van der Waals surface area (Å²) in [5, 5.41) is 19.8. The van der Waals surface area contributed by atoms with E-state index in [0.29, 0.717) is 38.0 Å². The Morgan fingerprint density at radius 3 is 1.53 bits per heavy atom. The summed E-state index contributed by atoms with van der Waals surface area (Å²) in [5.74, 6) is 1.31. The number of carbonyl (C=O) groups is 4. The predicted molar refractivity (Wildman–Crippen MR) is 346 cm³/mol. The van der Waals surface area contributed by atoms with Crippen LogP contribution in [0.3, 0.4) is 0 Å². The number of aliphatic hydroxyl groups excluding tert-OH is 2. The van der Waals surface area contributed by atoms with Gasteiger partial charge in [0, 0.05) is 51.8 Å². The molecule has 0 aliphatic heterocycles. The number of allylic oxidation sites excluding steroid dienone is 1. The van der Waals surface area contributed by atoms with Crippen LogP contribution in [0.5, 0.6) is 5.75 Å². The van der Waals surface area contributed by atoms with Crippen molar-refractivity contribution in [2.24, 2.45) is 0 Å². The van der Waals surface area contributed by atoms with Gasteiger partial charge in [-0.1, -0.05) is 157 Å². The summed E-state index contributed by atoms with van der Waals surface area (Å²) in [4.78, 5) is 46.1. The number of ether oxygens (including phenoxy) is 3. The van der Waals surface area contributed by atoms with E-state index in [1.807, 2.05) is 66.7 Å². The second-order valence-electron chi connectivity index (χ2n) is 22.3. The fourth-order valence-corrected chi connectivity index (χ4v) is 11.5. The molecule has 0 radical (unpaired) electrons. The topological polar surface area (TPSA) is 180 Å². The molecule has 2 unspecified atom stereocenters. The maximum atomic E-state index is 12.2. The molecule has 89 heavy (non-hydrogen) atoms. The molecular formula is C73H89F3O12S. The van der Waals surface area contributed by atoms with Gasteiger partial charge in [0.15, 0.2) is 23.1 Å². The van der Waals surface area contributed by atoms with Crippen molar-refractivity contribution in [1.82, 2.24) is 0 Å². The van der Waals surface area contributed by atoms with Gasteiger partial charge in [-0.3, -0.25) is 19.2 Å². The van der Waals surface area contributed by atoms with Crippen LogP contribution in [0.25, 0.3) is 17.6 Å². The first-order valence-electron chi connectivity index (χ1n) is 31.2. The molecule has 0 saturated carbocycles. The molecule has 0 spiro atoms. The van der Waals surface area contributed by atoms with Crippen molar-refractivity contribution in [3.8, 4) is 5.75 Å². The van der Waals surface area contributed by atoms with E-state index in [-0.39, 0.29) is 46.5 Å². The Morgan fingerprint density at radius 1 is 0.573 bits per heavy atom. The first-order chi connectivity index (χ1) is 42.6. The van der Waals surface area contributed by atoms with Gasteiger partial charge in [-0.15, -0.1) is 0 Å². The summed E-state index contributed by atoms with van der Waals surface area (Å²) in [6, 6.07) is 27.3. The average molecular weight is 1250 g/mol. The Morgan fingerprint density at radius 2 is 1.01 bits per heavy atom. The molecule has 0 bridgehead atoms. The lowest BCUT2D eigenvalue weighted by atomic mass is 9.85. The summed E-state index contributed by atoms with van der Waals surface area (Å²) < 4.78 is 79.0. The SMILES string of the molecule is C=C(OCCCC)c1cccc2c1CCCC2=O.C=C(OCCCC)c1cccc2c1CCCC2O.C=COCCCC.CC(=O)c1cccc2c1CCC=C2.CC(=O)c1cccc2c1CCCC2O.O=C1CCCc2c(OS(=O)(=O)C(F)(F)F)cccc21. The first kappa shape index (κ1) is 72.3. The monoisotopic (exact) mass is 1250 g/mol. The molecule has 0 amide bonds. The highest BCUT2D eigenvalue weighted by Gasteiger charge is 2.49. The molecular weight excluding hydrogens is 1160 g/mol. The zero-order valence-corrected chi connectivity index (χ0v) is 53.3. The van der Waals surface area contributed by atoms with Crippen LogP contribution in [0, 0.1) is 0 Å². The summed E-state index contributed by atoms with van der Waals surface area (Å²) in [6.07, 6.45) is 23.0. The largest absolute Gasteiger partial charge is 0.534 e. The Balaban J connectivity index is 0.000000198. The fourth-order valence-electron chi connectivity index (χ4n) is 11.0. The van der Waals surface area contributed by atoms with Gasteiger partial charge in [-0.05, 0) is 155 Å². The quantitative estimate of drug-likeness (QED) is 0.0279. The molecule has 12 nitrogen and oxygen atoms in total. The van der Waals surface area contributed by atoms with Gasteiger partial charge in [-0.2, -0.15) is 21.6 Å². The average Bonchev–Trinajstić information content (AvgIpc) is 2.53. The number of alkyl halides is 3. The van der Waals surface area contributed by atoms with Crippen LogP contribution >= 0.6 is 0 Å². The third kappa shape index (κ3) is 21.1. The number of halogens is 3. The summed E-state index contributed by atoms with van der Waals surface area (Å²) >= 11 is 0. The summed E-state index contributed by atoms with van der Waals surface area (Å²) in [5.41, 5.74) is 7.38. The number of ketones is 4. The standard InChI is InChI=1S/C16H22O2.C16H20O2.C12H14O2.C12H12O.C11H9F3O4S.C6H12O/c2*1-3-4-11-18-12(2)13-7-5-9-15-14(13)8-6-10-16(15)17;1-8(13)9-4-2-6-11-10(9)5-3-7-12(11)14;1-9(13)11-8-4-6-10-5-2-3-7-12(10)11;12-11(13,14)19(16,17)18-10-6-2-3-7-8(10)4-1-5-9(7)15;1-3-5-6-7-4-2/h5,7,9,16-17H,2-4,6,8,10-11H2,1H3;5,7,9H,2-4,6,8,10-11H2,1H3;2,4,6,12,14H,3,5,7H2,1H3;2,4-6,8H,3,7H2,1H3;2-3,6H,1,4-5H2;4H,2-3,5-6H2,1H3. The number of rotatable bonds is 18. The van der Waals surface area contributed by atoms with E-state index in [9.17, 15) is 51.0 Å². The van der Waals surface area contributed by atoms with Gasteiger partial charge in [0.05, 0.1) is 38.3 Å². The van der Waals surface area contributed by atoms with Crippen molar-refractivity contribution < 1.29 is 69.4 Å². The van der Waals surface area contributed by atoms with E-state index in [4.69, 9.17) is 14.2 Å². The number of unbranched alkanes of at least 4 members (excludes halogenated alkanes) is 3. The molecule has 5 aliphatic rings. The number of carbonyl (C=O) groups excluding carboxylic acids is 4. The van der Waals surface area contributed by atoms with Crippen molar-refractivity contribution in [1.29, 1.82) is 0 Å².